The summed E-state index contributed by atoms with van der Waals surface area (Å²) >= 11 is 0. The Morgan fingerprint density at radius 1 is 1.50 bits per heavy atom. The van der Waals surface area contributed by atoms with E-state index in [4.69, 9.17) is 5.11 Å². The first kappa shape index (κ1) is 13.0. The van der Waals surface area contributed by atoms with Gasteiger partial charge in [0.05, 0.1) is 12.0 Å². The first-order valence-electron chi connectivity index (χ1n) is 5.74. The molecule has 92 valence electrons. The third-order valence-electron chi connectivity index (χ3n) is 3.32. The van der Waals surface area contributed by atoms with Gasteiger partial charge in [-0.25, -0.2) is 0 Å². The largest absolute Gasteiger partial charge is 0.481 e. The number of carboxylic acid groups (broad SMARTS) is 1. The third kappa shape index (κ3) is 2.72. The van der Waals surface area contributed by atoms with Crippen LogP contribution in [0.5, 0.6) is 0 Å². The van der Waals surface area contributed by atoms with Crippen LogP contribution in [0.15, 0.2) is 0 Å². The number of likely N-dealkylation sites (N-methyl/N-ethyl adjacent to an activating group) is 1. The molecule has 1 amide bonds. The molecule has 0 aromatic rings. The first-order valence-corrected chi connectivity index (χ1v) is 5.74. The molecule has 0 radical (unpaired) electrons. The van der Waals surface area contributed by atoms with Crippen LogP contribution in [-0.4, -0.2) is 36.1 Å². The maximum atomic E-state index is 11.5. The molecule has 3 N–H and O–H groups in total. The summed E-state index contributed by atoms with van der Waals surface area (Å²) < 4.78 is 0. The summed E-state index contributed by atoms with van der Waals surface area (Å²) in [5.74, 6) is -0.944. The molecule has 0 aliphatic heterocycles. The fourth-order valence-corrected chi connectivity index (χ4v) is 2.14. The molecular weight excluding hydrogens is 208 g/mol. The van der Waals surface area contributed by atoms with Gasteiger partial charge >= 0.3 is 5.97 Å². The second kappa shape index (κ2) is 5.30. The van der Waals surface area contributed by atoms with Crippen molar-refractivity contribution in [2.75, 3.05) is 13.1 Å². The van der Waals surface area contributed by atoms with Crippen LogP contribution in [0.4, 0.5) is 0 Å². The Morgan fingerprint density at radius 2 is 2.19 bits per heavy atom. The van der Waals surface area contributed by atoms with Gasteiger partial charge in [0.25, 0.3) is 0 Å². The normalized spacial score (nSPS) is 29.0. The van der Waals surface area contributed by atoms with Crippen LogP contribution in [0.1, 0.15) is 33.1 Å². The van der Waals surface area contributed by atoms with Crippen molar-refractivity contribution in [3.8, 4) is 0 Å². The van der Waals surface area contributed by atoms with E-state index in [-0.39, 0.29) is 18.5 Å². The maximum absolute atomic E-state index is 11.5. The van der Waals surface area contributed by atoms with Crippen LogP contribution in [-0.2, 0) is 9.59 Å². The van der Waals surface area contributed by atoms with E-state index in [0.29, 0.717) is 6.42 Å². The summed E-state index contributed by atoms with van der Waals surface area (Å²) in [5, 5.41) is 14.9. The van der Waals surface area contributed by atoms with Crippen molar-refractivity contribution in [2.45, 2.75) is 39.2 Å². The summed E-state index contributed by atoms with van der Waals surface area (Å²) in [6, 6.07) is -0.240. The molecule has 0 saturated heterocycles. The smallest absolute Gasteiger partial charge is 0.311 e. The zero-order valence-corrected chi connectivity index (χ0v) is 9.88. The quantitative estimate of drug-likeness (QED) is 0.634. The molecule has 16 heavy (non-hydrogen) atoms. The van der Waals surface area contributed by atoms with Crippen LogP contribution in [0.3, 0.4) is 0 Å². The molecule has 1 fully saturated rings. The van der Waals surface area contributed by atoms with E-state index in [1.54, 1.807) is 6.92 Å². The van der Waals surface area contributed by atoms with Crippen LogP contribution >= 0.6 is 0 Å². The lowest BCUT2D eigenvalue weighted by atomic mass is 9.85. The van der Waals surface area contributed by atoms with Gasteiger partial charge in [0, 0.05) is 6.04 Å². The average Bonchev–Trinajstić information content (AvgIpc) is 2.59. The zero-order valence-electron chi connectivity index (χ0n) is 9.88. The molecule has 0 aromatic carbocycles. The van der Waals surface area contributed by atoms with Gasteiger partial charge < -0.3 is 15.7 Å². The fraction of sp³-hybridized carbons (Fsp3) is 0.818. The Morgan fingerprint density at radius 3 is 2.75 bits per heavy atom. The molecule has 5 nitrogen and oxygen atoms in total. The van der Waals surface area contributed by atoms with Gasteiger partial charge in [-0.2, -0.15) is 0 Å². The fourth-order valence-electron chi connectivity index (χ4n) is 2.14. The first-order chi connectivity index (χ1) is 7.50. The van der Waals surface area contributed by atoms with Crippen LogP contribution < -0.4 is 10.6 Å². The number of hydrogen-bond donors (Lipinski definition) is 3. The minimum atomic E-state index is -0.821. The predicted molar refractivity (Wildman–Crippen MR) is 60.1 cm³/mol. The van der Waals surface area contributed by atoms with Gasteiger partial charge in [-0.1, -0.05) is 13.3 Å². The molecule has 1 saturated carbocycles. The Balaban J connectivity index is 2.53. The van der Waals surface area contributed by atoms with Gasteiger partial charge in [-0.15, -0.1) is 0 Å². The van der Waals surface area contributed by atoms with E-state index in [9.17, 15) is 9.59 Å². The highest BCUT2D eigenvalue weighted by Gasteiger charge is 2.45. The molecule has 1 aliphatic rings. The lowest BCUT2D eigenvalue weighted by Gasteiger charge is -2.27. The predicted octanol–water partition coefficient (Wildman–Crippen LogP) is 0.355. The number of rotatable bonds is 5. The Bertz CT molecular complexity index is 280. The van der Waals surface area contributed by atoms with Crippen molar-refractivity contribution in [2.24, 2.45) is 5.41 Å². The number of amides is 1. The number of nitrogens with one attached hydrogen (secondary N) is 2. The van der Waals surface area contributed by atoms with E-state index in [0.717, 1.165) is 19.4 Å². The molecule has 1 rings (SSSR count). The highest BCUT2D eigenvalue weighted by Crippen LogP contribution is 2.38. The monoisotopic (exact) mass is 228 g/mol. The topological polar surface area (TPSA) is 78.4 Å². The second-order valence-corrected chi connectivity index (χ2v) is 4.52. The number of carbonyl (C=O) groups is 2. The van der Waals surface area contributed by atoms with E-state index in [1.807, 2.05) is 6.92 Å². The minimum absolute atomic E-state index is 0.124. The van der Waals surface area contributed by atoms with Crippen molar-refractivity contribution in [1.29, 1.82) is 0 Å². The van der Waals surface area contributed by atoms with Gasteiger partial charge in [-0.05, 0) is 26.3 Å². The summed E-state index contributed by atoms with van der Waals surface area (Å²) in [5.41, 5.74) is -0.804. The van der Waals surface area contributed by atoms with Gasteiger partial charge in [0.15, 0.2) is 0 Å². The third-order valence-corrected chi connectivity index (χ3v) is 3.32. The van der Waals surface area contributed by atoms with Crippen molar-refractivity contribution in [1.82, 2.24) is 10.6 Å². The number of hydrogen-bond acceptors (Lipinski definition) is 3. The molecule has 1 aliphatic carbocycles. The van der Waals surface area contributed by atoms with Crippen molar-refractivity contribution in [3.05, 3.63) is 0 Å². The van der Waals surface area contributed by atoms with Crippen LogP contribution in [0, 0.1) is 5.41 Å². The van der Waals surface area contributed by atoms with Crippen molar-refractivity contribution >= 4 is 11.9 Å². The zero-order chi connectivity index (χ0) is 12.2. The van der Waals surface area contributed by atoms with Crippen LogP contribution in [0.2, 0.25) is 0 Å². The lowest BCUT2D eigenvalue weighted by molar-refractivity contribution is -0.149. The molecular formula is C11H20N2O3. The highest BCUT2D eigenvalue weighted by atomic mass is 16.4. The van der Waals surface area contributed by atoms with E-state index in [2.05, 4.69) is 10.6 Å². The van der Waals surface area contributed by atoms with Crippen LogP contribution in [0.25, 0.3) is 0 Å². The summed E-state index contributed by atoms with van der Waals surface area (Å²) in [4.78, 5) is 22.7. The Labute approximate surface area is 95.6 Å². The van der Waals surface area contributed by atoms with E-state index in [1.165, 1.54) is 0 Å². The molecule has 2 unspecified atom stereocenters. The lowest BCUT2D eigenvalue weighted by Crippen LogP contribution is -2.49. The Kier molecular flexibility index (Phi) is 4.29. The molecule has 0 spiro atoms. The van der Waals surface area contributed by atoms with E-state index < -0.39 is 11.4 Å². The number of aliphatic carboxylic acids is 1. The molecule has 0 bridgehead atoms. The summed E-state index contributed by atoms with van der Waals surface area (Å²) in [6.45, 7) is 4.61. The van der Waals surface area contributed by atoms with Crippen molar-refractivity contribution < 1.29 is 14.7 Å². The second-order valence-electron chi connectivity index (χ2n) is 4.52. The number of carboxylic acids is 1. The molecule has 0 heterocycles. The van der Waals surface area contributed by atoms with Gasteiger partial charge in [0.2, 0.25) is 5.91 Å². The average molecular weight is 228 g/mol. The maximum Gasteiger partial charge on any atom is 0.311 e. The summed E-state index contributed by atoms with van der Waals surface area (Å²) in [6.07, 6.45) is 2.24. The van der Waals surface area contributed by atoms with Gasteiger partial charge in [-0.3, -0.25) is 9.59 Å². The number of carbonyl (C=O) groups excluding carboxylic acids is 1. The standard InChI is InChI=1S/C11H20N2O3/c1-3-12-7-9(14)13-8-5-4-6-11(8,2)10(15)16/h8,12H,3-7H2,1-2H3,(H,13,14)(H,15,16). The Hall–Kier alpha value is -1.10. The van der Waals surface area contributed by atoms with Gasteiger partial charge in [0.1, 0.15) is 0 Å². The summed E-state index contributed by atoms with van der Waals surface area (Å²) in [7, 11) is 0. The SMILES string of the molecule is CCNCC(=O)NC1CCCC1(C)C(=O)O. The van der Waals surface area contributed by atoms with Crippen molar-refractivity contribution in [3.63, 3.8) is 0 Å². The highest BCUT2D eigenvalue weighted by molar-refractivity contribution is 5.81. The molecule has 0 aromatic heterocycles. The van der Waals surface area contributed by atoms with E-state index >= 15 is 0 Å². The molecule has 2 atom stereocenters. The molecule has 5 heteroatoms. The minimum Gasteiger partial charge on any atom is -0.481 e.